The van der Waals surface area contributed by atoms with Crippen LogP contribution in [0.15, 0.2) is 41.6 Å². The number of rotatable bonds is 3. The van der Waals surface area contributed by atoms with Crippen molar-refractivity contribution in [3.05, 3.63) is 47.7 Å². The predicted molar refractivity (Wildman–Crippen MR) is 83.4 cm³/mol. The molecular weight excluding hydrogens is 341 g/mol. The van der Waals surface area contributed by atoms with Gasteiger partial charge in [0.05, 0.1) is 5.56 Å². The fourth-order valence-electron chi connectivity index (χ4n) is 2.57. The Labute approximate surface area is 137 Å². The predicted octanol–water partition coefficient (Wildman–Crippen LogP) is 2.86. The minimum atomic E-state index is -4.59. The summed E-state index contributed by atoms with van der Waals surface area (Å²) >= 11 is 0. The molecule has 0 aliphatic carbocycles. The van der Waals surface area contributed by atoms with Crippen molar-refractivity contribution in [1.29, 1.82) is 0 Å². The summed E-state index contributed by atoms with van der Waals surface area (Å²) in [5.74, 6) is 0.382. The van der Waals surface area contributed by atoms with Crippen molar-refractivity contribution in [2.45, 2.75) is 17.1 Å². The van der Waals surface area contributed by atoms with Crippen LogP contribution in [-0.4, -0.2) is 32.7 Å². The Kier molecular flexibility index (Phi) is 4.13. The number of nitrogens with zero attached hydrogens (tertiary/aromatic N) is 1. The minimum Gasteiger partial charge on any atom is -0.315 e. The largest absolute Gasteiger partial charge is 0.417 e. The molecule has 0 atom stereocenters. The first kappa shape index (κ1) is 16.9. The highest BCUT2D eigenvalue weighted by molar-refractivity contribution is 7.90. The maximum Gasteiger partial charge on any atom is 0.417 e. The molecule has 8 heteroatoms. The molecule has 0 amide bonds. The molecule has 3 rings (SSSR count). The third-order valence-corrected chi connectivity index (χ3v) is 5.03. The van der Waals surface area contributed by atoms with Crippen LogP contribution in [-0.2, 0) is 16.0 Å². The van der Waals surface area contributed by atoms with Gasteiger partial charge in [0.15, 0.2) is 14.9 Å². The van der Waals surface area contributed by atoms with E-state index in [9.17, 15) is 21.6 Å². The van der Waals surface area contributed by atoms with Crippen LogP contribution in [0, 0.1) is 0 Å². The molecule has 2 aromatic rings. The van der Waals surface area contributed by atoms with E-state index in [2.05, 4.69) is 10.3 Å². The summed E-state index contributed by atoms with van der Waals surface area (Å²) < 4.78 is 62.5. The number of pyridine rings is 1. The number of benzene rings is 1. The Balaban J connectivity index is 2.09. The normalized spacial score (nSPS) is 16.0. The third kappa shape index (κ3) is 3.29. The number of sulfone groups is 1. The van der Waals surface area contributed by atoms with Gasteiger partial charge in [0.25, 0.3) is 0 Å². The molecule has 4 nitrogen and oxygen atoms in total. The topological polar surface area (TPSA) is 59.1 Å². The van der Waals surface area contributed by atoms with Crippen molar-refractivity contribution in [3.8, 4) is 11.1 Å². The van der Waals surface area contributed by atoms with Crippen LogP contribution in [0.3, 0.4) is 0 Å². The summed E-state index contributed by atoms with van der Waals surface area (Å²) in [5, 5.41) is 2.79. The maximum absolute atomic E-state index is 12.9. The molecule has 1 saturated heterocycles. The third-order valence-electron chi connectivity index (χ3n) is 4.00. The van der Waals surface area contributed by atoms with Gasteiger partial charge in [-0.2, -0.15) is 13.2 Å². The summed E-state index contributed by atoms with van der Waals surface area (Å²) in [5.41, 5.74) is 0.450. The summed E-state index contributed by atoms with van der Waals surface area (Å²) in [6.07, 6.45) is -3.11. The monoisotopic (exact) mass is 356 g/mol. The molecule has 1 N–H and O–H groups in total. The Hall–Kier alpha value is -1.93. The fraction of sp³-hybridized carbons (Fsp3) is 0.312. The summed E-state index contributed by atoms with van der Waals surface area (Å²) in [4.78, 5) is 3.56. The molecule has 2 heterocycles. The smallest absolute Gasteiger partial charge is 0.315 e. The molecule has 128 valence electrons. The number of hydrogen-bond donors (Lipinski definition) is 1. The van der Waals surface area contributed by atoms with E-state index in [1.54, 1.807) is 12.1 Å². The zero-order valence-electron chi connectivity index (χ0n) is 12.8. The minimum absolute atomic E-state index is 0.0365. The highest BCUT2D eigenvalue weighted by Crippen LogP contribution is 2.35. The molecule has 0 radical (unpaired) electrons. The van der Waals surface area contributed by atoms with E-state index in [4.69, 9.17) is 0 Å². The molecule has 1 aliphatic heterocycles. The van der Waals surface area contributed by atoms with Crippen LogP contribution >= 0.6 is 0 Å². The van der Waals surface area contributed by atoms with Crippen molar-refractivity contribution in [1.82, 2.24) is 10.3 Å². The average Bonchev–Trinajstić information content (AvgIpc) is 2.44. The molecule has 24 heavy (non-hydrogen) atoms. The van der Waals surface area contributed by atoms with E-state index in [1.165, 1.54) is 0 Å². The van der Waals surface area contributed by atoms with Crippen LogP contribution in [0.25, 0.3) is 11.1 Å². The van der Waals surface area contributed by atoms with Gasteiger partial charge in [0.1, 0.15) is 0 Å². The van der Waals surface area contributed by atoms with Gasteiger partial charge in [0, 0.05) is 37.0 Å². The average molecular weight is 356 g/mol. The van der Waals surface area contributed by atoms with Crippen molar-refractivity contribution < 1.29 is 21.6 Å². The van der Waals surface area contributed by atoms with Crippen LogP contribution in [0.5, 0.6) is 0 Å². The summed E-state index contributed by atoms with van der Waals surface area (Å²) in [6, 6.07) is 7.74. The lowest BCUT2D eigenvalue weighted by atomic mass is 9.92. The fourth-order valence-corrected chi connectivity index (χ4v) is 3.39. The Bertz CT molecular complexity index is 858. The van der Waals surface area contributed by atoms with Gasteiger partial charge in [-0.3, -0.25) is 0 Å². The molecule has 1 aromatic heterocycles. The van der Waals surface area contributed by atoms with Crippen LogP contribution in [0.4, 0.5) is 13.2 Å². The van der Waals surface area contributed by atoms with E-state index in [0.29, 0.717) is 17.7 Å². The van der Waals surface area contributed by atoms with Gasteiger partial charge < -0.3 is 5.32 Å². The van der Waals surface area contributed by atoms with Gasteiger partial charge in [-0.1, -0.05) is 24.3 Å². The van der Waals surface area contributed by atoms with Crippen molar-refractivity contribution in [2.75, 3.05) is 19.3 Å². The quantitative estimate of drug-likeness (QED) is 0.919. The van der Waals surface area contributed by atoms with E-state index >= 15 is 0 Å². The Morgan fingerprint density at radius 2 is 1.79 bits per heavy atom. The first-order valence-corrected chi connectivity index (χ1v) is 9.14. The molecule has 0 unspecified atom stereocenters. The molecular formula is C16H15F3N2O2S. The Morgan fingerprint density at radius 3 is 2.25 bits per heavy atom. The van der Waals surface area contributed by atoms with E-state index < -0.39 is 21.6 Å². The van der Waals surface area contributed by atoms with Gasteiger partial charge in [0.2, 0.25) is 0 Å². The molecule has 1 fully saturated rings. The SMILES string of the molecule is CS(=O)(=O)c1ncc(C(F)(F)F)cc1-c1ccc(C2CNC2)cc1. The summed E-state index contributed by atoms with van der Waals surface area (Å²) in [7, 11) is -3.75. The number of halogens is 3. The molecule has 0 spiro atoms. The lowest BCUT2D eigenvalue weighted by Crippen LogP contribution is -2.39. The van der Waals surface area contributed by atoms with Gasteiger partial charge in [-0.05, 0) is 17.2 Å². The van der Waals surface area contributed by atoms with Crippen molar-refractivity contribution >= 4 is 9.84 Å². The van der Waals surface area contributed by atoms with Crippen molar-refractivity contribution in [3.63, 3.8) is 0 Å². The number of aromatic nitrogens is 1. The highest BCUT2D eigenvalue weighted by atomic mass is 32.2. The second-order valence-corrected chi connectivity index (χ2v) is 7.75. The number of alkyl halides is 3. The summed E-state index contributed by atoms with van der Waals surface area (Å²) in [6.45, 7) is 1.72. The second-order valence-electron chi connectivity index (χ2n) is 5.82. The standard InChI is InChI=1S/C16H15F3N2O2S/c1-24(22,23)15-14(6-13(9-21-15)16(17,18)19)11-4-2-10(3-5-11)12-7-20-8-12/h2-6,9,12,20H,7-8H2,1H3. The van der Waals surface area contributed by atoms with Crippen molar-refractivity contribution in [2.24, 2.45) is 0 Å². The maximum atomic E-state index is 12.9. The first-order valence-electron chi connectivity index (χ1n) is 7.24. The Morgan fingerprint density at radius 1 is 1.17 bits per heavy atom. The van der Waals surface area contributed by atoms with Crippen LogP contribution < -0.4 is 5.32 Å². The highest BCUT2D eigenvalue weighted by Gasteiger charge is 2.33. The second kappa shape index (κ2) is 5.86. The molecule has 0 saturated carbocycles. The van der Waals surface area contributed by atoms with Crippen LogP contribution in [0.2, 0.25) is 0 Å². The van der Waals surface area contributed by atoms with E-state index in [1.807, 2.05) is 12.1 Å². The lowest BCUT2D eigenvalue weighted by molar-refractivity contribution is -0.137. The van der Waals surface area contributed by atoms with Gasteiger partial charge in [-0.15, -0.1) is 0 Å². The molecule has 1 aromatic carbocycles. The molecule has 1 aliphatic rings. The van der Waals surface area contributed by atoms with Gasteiger partial charge >= 0.3 is 6.18 Å². The first-order chi connectivity index (χ1) is 11.2. The zero-order valence-corrected chi connectivity index (χ0v) is 13.6. The van der Waals surface area contributed by atoms with E-state index in [0.717, 1.165) is 31.0 Å². The number of hydrogen-bond acceptors (Lipinski definition) is 4. The zero-order chi connectivity index (χ0) is 17.5. The van der Waals surface area contributed by atoms with Gasteiger partial charge in [-0.25, -0.2) is 13.4 Å². The van der Waals surface area contributed by atoms with E-state index in [-0.39, 0.29) is 10.6 Å². The van der Waals surface area contributed by atoms with Crippen LogP contribution in [0.1, 0.15) is 17.0 Å². The lowest BCUT2D eigenvalue weighted by Gasteiger charge is -2.27. The molecule has 0 bridgehead atoms. The number of nitrogens with one attached hydrogen (secondary N) is 1.